The monoisotopic (exact) mass is 293 g/mol. The zero-order valence-corrected chi connectivity index (χ0v) is 11.7. The summed E-state index contributed by atoms with van der Waals surface area (Å²) in [5, 5.41) is 4.48. The number of nitrogens with zero attached hydrogens (tertiary/aromatic N) is 2. The Balaban J connectivity index is 2.57. The van der Waals surface area contributed by atoms with E-state index in [9.17, 15) is 0 Å². The van der Waals surface area contributed by atoms with Crippen LogP contribution in [0.2, 0.25) is 0 Å². The van der Waals surface area contributed by atoms with Crippen LogP contribution in [-0.4, -0.2) is 16.3 Å². The van der Waals surface area contributed by atoms with Crippen molar-refractivity contribution >= 4 is 15.9 Å². The molecule has 0 spiro atoms. The summed E-state index contributed by atoms with van der Waals surface area (Å²) >= 11 is 3.50. The highest BCUT2D eigenvalue weighted by Crippen LogP contribution is 2.27. The lowest BCUT2D eigenvalue weighted by Crippen LogP contribution is -2.04. The lowest BCUT2D eigenvalue weighted by Gasteiger charge is -2.06. The summed E-state index contributed by atoms with van der Waals surface area (Å²) < 4.78 is 3.01. The fourth-order valence-corrected chi connectivity index (χ4v) is 2.54. The van der Waals surface area contributed by atoms with Crippen molar-refractivity contribution in [2.24, 2.45) is 12.8 Å². The highest BCUT2D eigenvalue weighted by atomic mass is 79.9. The van der Waals surface area contributed by atoms with E-state index in [2.05, 4.69) is 33.2 Å². The van der Waals surface area contributed by atoms with Crippen LogP contribution >= 0.6 is 15.9 Å². The molecule has 0 aliphatic heterocycles. The predicted octanol–water partition coefficient (Wildman–Crippen LogP) is 2.66. The number of hydrogen-bond donors (Lipinski definition) is 1. The largest absolute Gasteiger partial charge is 0.330 e. The molecule has 3 nitrogen and oxygen atoms in total. The summed E-state index contributed by atoms with van der Waals surface area (Å²) in [7, 11) is 1.98. The van der Waals surface area contributed by atoms with Crippen molar-refractivity contribution in [3.63, 3.8) is 0 Å². The van der Waals surface area contributed by atoms with Crippen LogP contribution in [0.4, 0.5) is 0 Å². The highest BCUT2D eigenvalue weighted by Gasteiger charge is 2.14. The Kier molecular flexibility index (Phi) is 3.64. The first-order valence-electron chi connectivity index (χ1n) is 5.62. The Morgan fingerprint density at radius 2 is 2.18 bits per heavy atom. The van der Waals surface area contributed by atoms with Crippen molar-refractivity contribution in [1.29, 1.82) is 0 Å². The van der Waals surface area contributed by atoms with Crippen molar-refractivity contribution in [2.45, 2.75) is 13.3 Å². The van der Waals surface area contributed by atoms with Crippen LogP contribution in [-0.2, 0) is 13.5 Å². The zero-order valence-electron chi connectivity index (χ0n) is 10.1. The first kappa shape index (κ1) is 12.3. The predicted molar refractivity (Wildman–Crippen MR) is 73.8 cm³/mol. The molecule has 17 heavy (non-hydrogen) atoms. The fourth-order valence-electron chi connectivity index (χ4n) is 2.14. The van der Waals surface area contributed by atoms with Crippen LogP contribution in [0.15, 0.2) is 28.7 Å². The molecule has 0 bridgehead atoms. The molecular weight excluding hydrogens is 278 g/mol. The molecule has 0 atom stereocenters. The maximum atomic E-state index is 5.67. The van der Waals surface area contributed by atoms with Gasteiger partial charge in [-0.2, -0.15) is 5.10 Å². The van der Waals surface area contributed by atoms with Gasteiger partial charge < -0.3 is 5.73 Å². The summed E-state index contributed by atoms with van der Waals surface area (Å²) in [6, 6.07) is 8.26. The second-order valence-corrected chi connectivity index (χ2v) is 5.00. The van der Waals surface area contributed by atoms with E-state index in [4.69, 9.17) is 5.73 Å². The van der Waals surface area contributed by atoms with Crippen LogP contribution in [0, 0.1) is 6.92 Å². The molecule has 0 saturated heterocycles. The molecular formula is C13H16BrN3. The lowest BCUT2D eigenvalue weighted by atomic mass is 10.0. The fraction of sp³-hybridized carbons (Fsp3) is 0.308. The SMILES string of the molecule is Cc1nn(C)c(-c2cccc(Br)c2)c1CCN. The van der Waals surface area contributed by atoms with E-state index >= 15 is 0 Å². The van der Waals surface area contributed by atoms with Gasteiger partial charge in [-0.15, -0.1) is 0 Å². The number of hydrogen-bond acceptors (Lipinski definition) is 2. The smallest absolute Gasteiger partial charge is 0.0714 e. The second kappa shape index (κ2) is 5.02. The number of halogens is 1. The Bertz CT molecular complexity index is 531. The van der Waals surface area contributed by atoms with E-state index in [1.165, 1.54) is 11.1 Å². The van der Waals surface area contributed by atoms with Gasteiger partial charge in [-0.05, 0) is 32.0 Å². The van der Waals surface area contributed by atoms with Gasteiger partial charge in [0, 0.05) is 22.6 Å². The normalized spacial score (nSPS) is 10.8. The minimum absolute atomic E-state index is 0.646. The molecule has 2 N–H and O–H groups in total. The van der Waals surface area contributed by atoms with Crippen LogP contribution < -0.4 is 5.73 Å². The van der Waals surface area contributed by atoms with Gasteiger partial charge in [-0.25, -0.2) is 0 Å². The summed E-state index contributed by atoms with van der Waals surface area (Å²) in [5.41, 5.74) is 10.3. The summed E-state index contributed by atoms with van der Waals surface area (Å²) in [5.74, 6) is 0. The number of aryl methyl sites for hydroxylation is 2. The summed E-state index contributed by atoms with van der Waals surface area (Å²) in [6.45, 7) is 2.68. The second-order valence-electron chi connectivity index (χ2n) is 4.09. The summed E-state index contributed by atoms with van der Waals surface area (Å²) in [4.78, 5) is 0. The molecule has 0 amide bonds. The van der Waals surface area contributed by atoms with Crippen molar-refractivity contribution < 1.29 is 0 Å². The third-order valence-electron chi connectivity index (χ3n) is 2.84. The van der Waals surface area contributed by atoms with E-state index < -0.39 is 0 Å². The van der Waals surface area contributed by atoms with Gasteiger partial charge in [0.2, 0.25) is 0 Å². The van der Waals surface area contributed by atoms with Crippen molar-refractivity contribution in [3.05, 3.63) is 40.0 Å². The zero-order chi connectivity index (χ0) is 12.4. The van der Waals surface area contributed by atoms with Gasteiger partial charge in [0.15, 0.2) is 0 Å². The number of aromatic nitrogens is 2. The molecule has 0 radical (unpaired) electrons. The van der Waals surface area contributed by atoms with E-state index in [0.717, 1.165) is 22.3 Å². The average molecular weight is 294 g/mol. The molecule has 0 fully saturated rings. The molecule has 1 heterocycles. The maximum Gasteiger partial charge on any atom is 0.0714 e. The molecule has 0 aliphatic rings. The molecule has 1 aromatic heterocycles. The summed E-state index contributed by atoms with van der Waals surface area (Å²) in [6.07, 6.45) is 0.863. The average Bonchev–Trinajstić information content (AvgIpc) is 2.54. The number of rotatable bonds is 3. The molecule has 1 aromatic carbocycles. The third-order valence-corrected chi connectivity index (χ3v) is 3.33. The molecule has 4 heteroatoms. The Morgan fingerprint density at radius 1 is 1.41 bits per heavy atom. The van der Waals surface area contributed by atoms with Gasteiger partial charge in [0.1, 0.15) is 0 Å². The van der Waals surface area contributed by atoms with Crippen molar-refractivity contribution in [1.82, 2.24) is 9.78 Å². The topological polar surface area (TPSA) is 43.8 Å². The van der Waals surface area contributed by atoms with Gasteiger partial charge >= 0.3 is 0 Å². The standard InChI is InChI=1S/C13H16BrN3/c1-9-12(6-7-15)13(17(2)16-9)10-4-3-5-11(14)8-10/h3-5,8H,6-7,15H2,1-2H3. The molecule has 2 rings (SSSR count). The maximum absolute atomic E-state index is 5.67. The minimum Gasteiger partial charge on any atom is -0.330 e. The van der Waals surface area contributed by atoms with Crippen molar-refractivity contribution in [2.75, 3.05) is 6.54 Å². The molecule has 0 unspecified atom stereocenters. The Hall–Kier alpha value is -1.13. The van der Waals surface area contributed by atoms with E-state index in [1.54, 1.807) is 0 Å². The number of benzene rings is 1. The minimum atomic E-state index is 0.646. The van der Waals surface area contributed by atoms with E-state index in [-0.39, 0.29) is 0 Å². The lowest BCUT2D eigenvalue weighted by molar-refractivity contribution is 0.764. The Morgan fingerprint density at radius 3 is 2.82 bits per heavy atom. The van der Waals surface area contributed by atoms with Crippen LogP contribution in [0.25, 0.3) is 11.3 Å². The van der Waals surface area contributed by atoms with Gasteiger partial charge in [-0.3, -0.25) is 4.68 Å². The van der Waals surface area contributed by atoms with Gasteiger partial charge in [0.05, 0.1) is 11.4 Å². The molecule has 0 aliphatic carbocycles. The quantitative estimate of drug-likeness (QED) is 0.945. The Labute approximate surface area is 110 Å². The molecule has 2 aromatic rings. The molecule has 90 valence electrons. The van der Waals surface area contributed by atoms with E-state index in [1.807, 2.05) is 30.8 Å². The van der Waals surface area contributed by atoms with Gasteiger partial charge in [-0.1, -0.05) is 28.1 Å². The first-order chi connectivity index (χ1) is 8.13. The van der Waals surface area contributed by atoms with Gasteiger partial charge in [0.25, 0.3) is 0 Å². The first-order valence-corrected chi connectivity index (χ1v) is 6.41. The van der Waals surface area contributed by atoms with E-state index in [0.29, 0.717) is 6.54 Å². The van der Waals surface area contributed by atoms with Crippen LogP contribution in [0.5, 0.6) is 0 Å². The van der Waals surface area contributed by atoms with Crippen LogP contribution in [0.3, 0.4) is 0 Å². The van der Waals surface area contributed by atoms with Crippen molar-refractivity contribution in [3.8, 4) is 11.3 Å². The number of nitrogens with two attached hydrogens (primary N) is 1. The molecule has 0 saturated carbocycles. The van der Waals surface area contributed by atoms with Crippen LogP contribution in [0.1, 0.15) is 11.3 Å². The third kappa shape index (κ3) is 2.42. The highest BCUT2D eigenvalue weighted by molar-refractivity contribution is 9.10.